The summed E-state index contributed by atoms with van der Waals surface area (Å²) in [7, 11) is 0. The smallest absolute Gasteiger partial charge is 0.110 e. The Morgan fingerprint density at radius 2 is 2.00 bits per heavy atom. The zero-order valence-corrected chi connectivity index (χ0v) is 8.14. The molecule has 1 aromatic carbocycles. The van der Waals surface area contributed by atoms with Gasteiger partial charge in [-0.25, -0.2) is 4.98 Å². The first-order valence-electron chi connectivity index (χ1n) is 4.53. The van der Waals surface area contributed by atoms with Crippen molar-refractivity contribution in [1.82, 2.24) is 9.55 Å². The van der Waals surface area contributed by atoms with Gasteiger partial charge in [0.2, 0.25) is 0 Å². The fraction of sp³-hybridized carbons (Fsp3) is 0.0833. The lowest BCUT2D eigenvalue weighted by Gasteiger charge is -2.08. The van der Waals surface area contributed by atoms with Gasteiger partial charge in [-0.15, -0.1) is 0 Å². The van der Waals surface area contributed by atoms with E-state index in [-0.39, 0.29) is 0 Å². The highest BCUT2D eigenvalue weighted by molar-refractivity contribution is 5.63. The first-order chi connectivity index (χ1) is 6.79. The molecular formula is C12H12N2. The monoisotopic (exact) mass is 184 g/mol. The Kier molecular flexibility index (Phi) is 2.19. The average molecular weight is 184 g/mol. The first kappa shape index (κ1) is 8.75. The maximum Gasteiger partial charge on any atom is 0.110 e. The summed E-state index contributed by atoms with van der Waals surface area (Å²) in [6.07, 6.45) is 3.70. The van der Waals surface area contributed by atoms with Gasteiger partial charge in [-0.2, -0.15) is 0 Å². The lowest BCUT2D eigenvalue weighted by atomic mass is 10.2. The quantitative estimate of drug-likeness (QED) is 0.701. The third-order valence-corrected chi connectivity index (χ3v) is 2.22. The van der Waals surface area contributed by atoms with Crippen molar-refractivity contribution in [2.24, 2.45) is 0 Å². The lowest BCUT2D eigenvalue weighted by Crippen LogP contribution is -1.98. The van der Waals surface area contributed by atoms with E-state index in [1.807, 2.05) is 48.0 Å². The van der Waals surface area contributed by atoms with Gasteiger partial charge in [0.05, 0.1) is 0 Å². The highest BCUT2D eigenvalue weighted by Gasteiger charge is 2.02. The van der Waals surface area contributed by atoms with Crippen LogP contribution in [0.1, 0.15) is 11.4 Å². The van der Waals surface area contributed by atoms with Crippen LogP contribution in [-0.2, 0) is 0 Å². The van der Waals surface area contributed by atoms with Crippen LogP contribution in [0.4, 0.5) is 0 Å². The summed E-state index contributed by atoms with van der Waals surface area (Å²) in [5.74, 6) is 0.957. The zero-order valence-electron chi connectivity index (χ0n) is 8.14. The minimum absolute atomic E-state index is 0.957. The summed E-state index contributed by atoms with van der Waals surface area (Å²) in [4.78, 5) is 4.17. The molecule has 0 amide bonds. The molecular weight excluding hydrogens is 172 g/mol. The molecule has 0 radical (unpaired) electrons. The topological polar surface area (TPSA) is 17.8 Å². The molecule has 1 heterocycles. The molecule has 14 heavy (non-hydrogen) atoms. The molecule has 0 aliphatic heterocycles. The largest absolute Gasteiger partial charge is 0.304 e. The van der Waals surface area contributed by atoms with Gasteiger partial charge >= 0.3 is 0 Å². The molecule has 0 bridgehead atoms. The standard InChI is InChI=1S/C12H12N2/c1-10(12-6-4-3-5-7-12)14-9-8-13-11(14)2/h3-9H,1H2,2H3. The van der Waals surface area contributed by atoms with E-state index in [4.69, 9.17) is 0 Å². The molecule has 0 unspecified atom stereocenters. The van der Waals surface area contributed by atoms with Crippen molar-refractivity contribution in [3.05, 3.63) is 60.7 Å². The van der Waals surface area contributed by atoms with E-state index in [1.165, 1.54) is 0 Å². The van der Waals surface area contributed by atoms with Gasteiger partial charge in [0.15, 0.2) is 0 Å². The van der Waals surface area contributed by atoms with Crippen molar-refractivity contribution in [3.63, 3.8) is 0 Å². The second-order valence-electron chi connectivity index (χ2n) is 3.16. The molecule has 70 valence electrons. The number of hydrogen-bond donors (Lipinski definition) is 0. The molecule has 0 atom stereocenters. The Morgan fingerprint density at radius 1 is 1.29 bits per heavy atom. The molecule has 2 nitrogen and oxygen atoms in total. The number of hydrogen-bond acceptors (Lipinski definition) is 1. The summed E-state index contributed by atoms with van der Waals surface area (Å²) >= 11 is 0. The van der Waals surface area contributed by atoms with Crippen LogP contribution in [-0.4, -0.2) is 9.55 Å². The number of imidazole rings is 1. The Morgan fingerprint density at radius 3 is 2.57 bits per heavy atom. The molecule has 0 saturated carbocycles. The maximum absolute atomic E-state index is 4.17. The Labute approximate surface area is 83.5 Å². The average Bonchev–Trinajstić information content (AvgIpc) is 2.65. The Balaban J connectivity index is 2.39. The van der Waals surface area contributed by atoms with Crippen LogP contribution in [0.5, 0.6) is 0 Å². The van der Waals surface area contributed by atoms with E-state index in [1.54, 1.807) is 6.20 Å². The third kappa shape index (κ3) is 1.46. The van der Waals surface area contributed by atoms with E-state index in [9.17, 15) is 0 Å². The zero-order chi connectivity index (χ0) is 9.97. The molecule has 2 aromatic rings. The van der Waals surface area contributed by atoms with E-state index >= 15 is 0 Å². The van der Waals surface area contributed by atoms with Crippen molar-refractivity contribution >= 4 is 5.70 Å². The highest BCUT2D eigenvalue weighted by Crippen LogP contribution is 2.15. The van der Waals surface area contributed by atoms with Crippen LogP contribution >= 0.6 is 0 Å². The molecule has 0 saturated heterocycles. The Hall–Kier alpha value is -1.83. The van der Waals surface area contributed by atoms with E-state index in [2.05, 4.69) is 11.6 Å². The SMILES string of the molecule is C=C(c1ccccc1)n1ccnc1C. The molecule has 0 spiro atoms. The minimum Gasteiger partial charge on any atom is -0.304 e. The first-order valence-corrected chi connectivity index (χ1v) is 4.53. The lowest BCUT2D eigenvalue weighted by molar-refractivity contribution is 1.00. The van der Waals surface area contributed by atoms with Crippen molar-refractivity contribution in [1.29, 1.82) is 0 Å². The number of benzene rings is 1. The van der Waals surface area contributed by atoms with Crippen molar-refractivity contribution in [2.75, 3.05) is 0 Å². The fourth-order valence-electron chi connectivity index (χ4n) is 1.43. The minimum atomic E-state index is 0.957. The summed E-state index contributed by atoms with van der Waals surface area (Å²) < 4.78 is 1.98. The Bertz CT molecular complexity index is 440. The van der Waals surface area contributed by atoms with Crippen molar-refractivity contribution in [3.8, 4) is 0 Å². The normalized spacial score (nSPS) is 10.1. The van der Waals surface area contributed by atoms with Crippen LogP contribution in [0.25, 0.3) is 5.70 Å². The van der Waals surface area contributed by atoms with Crippen LogP contribution in [0, 0.1) is 6.92 Å². The van der Waals surface area contributed by atoms with E-state index in [0.717, 1.165) is 17.1 Å². The van der Waals surface area contributed by atoms with Gasteiger partial charge in [-0.05, 0) is 12.5 Å². The predicted molar refractivity (Wildman–Crippen MR) is 57.8 cm³/mol. The van der Waals surface area contributed by atoms with Gasteiger partial charge in [-0.3, -0.25) is 0 Å². The maximum atomic E-state index is 4.17. The number of aromatic nitrogens is 2. The van der Waals surface area contributed by atoms with Crippen LogP contribution in [0.3, 0.4) is 0 Å². The molecule has 0 fully saturated rings. The fourth-order valence-corrected chi connectivity index (χ4v) is 1.43. The molecule has 2 rings (SSSR count). The second-order valence-corrected chi connectivity index (χ2v) is 3.16. The molecule has 1 aromatic heterocycles. The number of nitrogens with zero attached hydrogens (tertiary/aromatic N) is 2. The van der Waals surface area contributed by atoms with Gasteiger partial charge in [-0.1, -0.05) is 36.9 Å². The van der Waals surface area contributed by atoms with Crippen molar-refractivity contribution in [2.45, 2.75) is 6.92 Å². The van der Waals surface area contributed by atoms with Crippen LogP contribution < -0.4 is 0 Å². The summed E-state index contributed by atoms with van der Waals surface area (Å²) in [5.41, 5.74) is 2.08. The van der Waals surface area contributed by atoms with Crippen molar-refractivity contribution < 1.29 is 0 Å². The highest BCUT2D eigenvalue weighted by atomic mass is 15.1. The third-order valence-electron chi connectivity index (χ3n) is 2.22. The molecule has 2 heteroatoms. The summed E-state index contributed by atoms with van der Waals surface area (Å²) in [5, 5.41) is 0. The summed E-state index contributed by atoms with van der Waals surface area (Å²) in [6.45, 7) is 6.02. The molecule has 0 N–H and O–H groups in total. The number of aryl methyl sites for hydroxylation is 1. The van der Waals surface area contributed by atoms with Gasteiger partial charge in [0.1, 0.15) is 5.82 Å². The van der Waals surface area contributed by atoms with Crippen LogP contribution in [0.2, 0.25) is 0 Å². The van der Waals surface area contributed by atoms with E-state index in [0.29, 0.717) is 0 Å². The summed E-state index contributed by atoms with van der Waals surface area (Å²) in [6, 6.07) is 10.1. The molecule has 0 aliphatic carbocycles. The second kappa shape index (κ2) is 3.50. The van der Waals surface area contributed by atoms with Gasteiger partial charge in [0, 0.05) is 18.1 Å². The van der Waals surface area contributed by atoms with Gasteiger partial charge in [0.25, 0.3) is 0 Å². The number of rotatable bonds is 2. The van der Waals surface area contributed by atoms with Gasteiger partial charge < -0.3 is 4.57 Å². The van der Waals surface area contributed by atoms with E-state index < -0.39 is 0 Å². The predicted octanol–water partition coefficient (Wildman–Crippen LogP) is 2.71. The van der Waals surface area contributed by atoms with Crippen LogP contribution in [0.15, 0.2) is 49.3 Å². The molecule has 0 aliphatic rings.